The van der Waals surface area contributed by atoms with Gasteiger partial charge in [0.15, 0.2) is 0 Å². The smallest absolute Gasteiger partial charge is 0.221 e. The first kappa shape index (κ1) is 15.7. The Hall–Kier alpha value is -2.21. The van der Waals surface area contributed by atoms with E-state index < -0.39 is 0 Å². The molecule has 1 aromatic carbocycles. The van der Waals surface area contributed by atoms with Gasteiger partial charge in [-0.3, -0.25) is 4.79 Å². The van der Waals surface area contributed by atoms with Crippen molar-refractivity contribution in [2.45, 2.75) is 52.2 Å². The molecule has 1 aromatic heterocycles. The Morgan fingerprint density at radius 2 is 2.26 bits per heavy atom. The second-order valence-corrected chi connectivity index (χ2v) is 6.13. The number of carbonyl (C=O) groups excluding carboxylic acids is 1. The van der Waals surface area contributed by atoms with Crippen LogP contribution in [0.4, 0.5) is 5.69 Å². The van der Waals surface area contributed by atoms with Crippen molar-refractivity contribution in [2.75, 3.05) is 5.32 Å². The Morgan fingerprint density at radius 3 is 3.04 bits per heavy atom. The number of rotatable bonds is 4. The van der Waals surface area contributed by atoms with E-state index in [1.54, 1.807) is 0 Å². The van der Waals surface area contributed by atoms with Crippen molar-refractivity contribution in [2.24, 2.45) is 0 Å². The van der Waals surface area contributed by atoms with Crippen molar-refractivity contribution in [3.63, 3.8) is 0 Å². The van der Waals surface area contributed by atoms with Crippen molar-refractivity contribution < 1.29 is 4.79 Å². The standard InChI is InChI=1S/C17H23N5O/c1-11(14-6-4-7-15(10-14)20-13(3)23)18-16-8-5-9-22-17(16)19-12(2)21-22/h4,6-7,10-11,16,18H,5,8-9H2,1-3H3,(H,20,23)/t11-,16-/m1/s1. The summed E-state index contributed by atoms with van der Waals surface area (Å²) >= 11 is 0. The molecule has 6 heteroatoms. The van der Waals surface area contributed by atoms with Crippen molar-refractivity contribution >= 4 is 11.6 Å². The number of fused-ring (bicyclic) bond motifs is 1. The fourth-order valence-electron chi connectivity index (χ4n) is 3.11. The highest BCUT2D eigenvalue weighted by atomic mass is 16.1. The molecule has 23 heavy (non-hydrogen) atoms. The molecule has 1 aliphatic heterocycles. The molecule has 0 unspecified atom stereocenters. The minimum Gasteiger partial charge on any atom is -0.326 e. The molecule has 0 radical (unpaired) electrons. The molecule has 122 valence electrons. The molecule has 0 saturated heterocycles. The van der Waals surface area contributed by atoms with Gasteiger partial charge in [-0.25, -0.2) is 9.67 Å². The van der Waals surface area contributed by atoms with E-state index in [1.807, 2.05) is 29.8 Å². The third-order valence-electron chi connectivity index (χ3n) is 4.14. The first-order valence-corrected chi connectivity index (χ1v) is 8.08. The van der Waals surface area contributed by atoms with E-state index in [0.29, 0.717) is 0 Å². The van der Waals surface area contributed by atoms with Crippen molar-refractivity contribution in [3.8, 4) is 0 Å². The summed E-state index contributed by atoms with van der Waals surface area (Å²) in [6.45, 7) is 6.53. The Bertz CT molecular complexity index is 709. The fraction of sp³-hybridized carbons (Fsp3) is 0.471. The van der Waals surface area contributed by atoms with E-state index in [1.165, 1.54) is 6.92 Å². The van der Waals surface area contributed by atoms with Crippen molar-refractivity contribution in [1.29, 1.82) is 0 Å². The number of carbonyl (C=O) groups is 1. The zero-order chi connectivity index (χ0) is 16.4. The van der Waals surface area contributed by atoms with Crippen molar-refractivity contribution in [3.05, 3.63) is 41.5 Å². The van der Waals surface area contributed by atoms with Crippen LogP contribution in [0.1, 0.15) is 56.0 Å². The highest BCUT2D eigenvalue weighted by Gasteiger charge is 2.25. The van der Waals surface area contributed by atoms with Crippen LogP contribution < -0.4 is 10.6 Å². The average molecular weight is 313 g/mol. The van der Waals surface area contributed by atoms with Gasteiger partial charge >= 0.3 is 0 Å². The number of hydrogen-bond donors (Lipinski definition) is 2. The van der Waals surface area contributed by atoms with Gasteiger partial charge in [0.1, 0.15) is 11.6 Å². The van der Waals surface area contributed by atoms with E-state index in [0.717, 1.165) is 42.3 Å². The number of hydrogen-bond acceptors (Lipinski definition) is 4. The molecule has 2 atom stereocenters. The van der Waals surface area contributed by atoms with Crippen LogP contribution >= 0.6 is 0 Å². The second-order valence-electron chi connectivity index (χ2n) is 6.13. The Kier molecular flexibility index (Phi) is 4.43. The fourth-order valence-corrected chi connectivity index (χ4v) is 3.11. The number of nitrogens with zero attached hydrogens (tertiary/aromatic N) is 3. The van der Waals surface area contributed by atoms with Gasteiger partial charge in [-0.05, 0) is 44.4 Å². The van der Waals surface area contributed by atoms with Crippen LogP contribution in [0.15, 0.2) is 24.3 Å². The maximum atomic E-state index is 11.2. The largest absolute Gasteiger partial charge is 0.326 e. The minimum absolute atomic E-state index is 0.0568. The summed E-state index contributed by atoms with van der Waals surface area (Å²) in [6.07, 6.45) is 2.17. The normalized spacial score (nSPS) is 18.3. The number of amides is 1. The van der Waals surface area contributed by atoms with Gasteiger partial charge in [0.2, 0.25) is 5.91 Å². The molecule has 6 nitrogen and oxygen atoms in total. The molecule has 0 fully saturated rings. The number of anilines is 1. The molecule has 1 aliphatic rings. The van der Waals surface area contributed by atoms with Crippen molar-refractivity contribution in [1.82, 2.24) is 20.1 Å². The predicted octanol–water partition coefficient (Wildman–Crippen LogP) is 2.73. The van der Waals surface area contributed by atoms with Crippen LogP contribution in [0, 0.1) is 6.92 Å². The zero-order valence-electron chi connectivity index (χ0n) is 13.8. The lowest BCUT2D eigenvalue weighted by Gasteiger charge is -2.27. The number of nitrogens with one attached hydrogen (secondary N) is 2. The number of aromatic nitrogens is 3. The minimum atomic E-state index is -0.0568. The molecular weight excluding hydrogens is 290 g/mol. The summed E-state index contributed by atoms with van der Waals surface area (Å²) in [5, 5.41) is 10.9. The van der Waals surface area contributed by atoms with Crippen LogP contribution in [-0.2, 0) is 11.3 Å². The molecule has 3 rings (SSSR count). The first-order valence-electron chi connectivity index (χ1n) is 8.08. The second kappa shape index (κ2) is 6.50. The third-order valence-corrected chi connectivity index (χ3v) is 4.14. The van der Waals surface area contributed by atoms with Gasteiger partial charge in [0.25, 0.3) is 0 Å². The maximum Gasteiger partial charge on any atom is 0.221 e. The quantitative estimate of drug-likeness (QED) is 0.910. The maximum absolute atomic E-state index is 11.2. The SMILES string of the molecule is CC(=O)Nc1cccc([C@@H](C)N[C@@H]2CCCn3nc(C)nc32)c1. The lowest BCUT2D eigenvalue weighted by Crippen LogP contribution is -2.30. The Labute approximate surface area is 136 Å². The van der Waals surface area contributed by atoms with E-state index in [-0.39, 0.29) is 18.0 Å². The molecule has 2 aromatic rings. The van der Waals surface area contributed by atoms with Crippen LogP contribution in [0.25, 0.3) is 0 Å². The molecule has 0 aliphatic carbocycles. The molecular formula is C17H23N5O. The lowest BCUT2D eigenvalue weighted by molar-refractivity contribution is -0.114. The van der Waals surface area contributed by atoms with E-state index in [4.69, 9.17) is 0 Å². The zero-order valence-corrected chi connectivity index (χ0v) is 13.8. The van der Waals surface area contributed by atoms with Gasteiger partial charge in [0.05, 0.1) is 6.04 Å². The van der Waals surface area contributed by atoms with Gasteiger partial charge < -0.3 is 10.6 Å². The topological polar surface area (TPSA) is 71.8 Å². The van der Waals surface area contributed by atoms with Gasteiger partial charge in [-0.2, -0.15) is 5.10 Å². The molecule has 2 heterocycles. The highest BCUT2D eigenvalue weighted by molar-refractivity contribution is 5.88. The predicted molar refractivity (Wildman–Crippen MR) is 89.0 cm³/mol. The number of benzene rings is 1. The van der Waals surface area contributed by atoms with E-state index >= 15 is 0 Å². The average Bonchev–Trinajstić information content (AvgIpc) is 2.88. The molecule has 0 spiro atoms. The summed E-state index contributed by atoms with van der Waals surface area (Å²) in [6, 6.07) is 8.33. The molecule has 2 N–H and O–H groups in total. The molecule has 0 bridgehead atoms. The summed E-state index contributed by atoms with van der Waals surface area (Å²) in [7, 11) is 0. The molecule has 0 saturated carbocycles. The van der Waals surface area contributed by atoms with Gasteiger partial charge in [-0.15, -0.1) is 0 Å². The first-order chi connectivity index (χ1) is 11.0. The monoisotopic (exact) mass is 313 g/mol. The van der Waals surface area contributed by atoms with Crippen LogP contribution in [0.3, 0.4) is 0 Å². The van der Waals surface area contributed by atoms with E-state index in [2.05, 4.69) is 33.7 Å². The van der Waals surface area contributed by atoms with E-state index in [9.17, 15) is 4.79 Å². The summed E-state index contributed by atoms with van der Waals surface area (Å²) in [5.41, 5.74) is 1.97. The summed E-state index contributed by atoms with van der Waals surface area (Å²) in [4.78, 5) is 15.8. The van der Waals surface area contributed by atoms with Crippen LogP contribution in [0.5, 0.6) is 0 Å². The lowest BCUT2D eigenvalue weighted by atomic mass is 10.0. The Balaban J connectivity index is 1.75. The summed E-state index contributed by atoms with van der Waals surface area (Å²) in [5.74, 6) is 1.80. The summed E-state index contributed by atoms with van der Waals surface area (Å²) < 4.78 is 2.01. The van der Waals surface area contributed by atoms with Gasteiger partial charge in [0, 0.05) is 25.2 Å². The Morgan fingerprint density at radius 1 is 1.43 bits per heavy atom. The molecule has 1 amide bonds. The van der Waals surface area contributed by atoms with Gasteiger partial charge in [-0.1, -0.05) is 12.1 Å². The highest BCUT2D eigenvalue weighted by Crippen LogP contribution is 2.27. The third kappa shape index (κ3) is 3.59. The van der Waals surface area contributed by atoms with Crippen LogP contribution in [-0.4, -0.2) is 20.7 Å². The number of aryl methyl sites for hydroxylation is 2. The van der Waals surface area contributed by atoms with Crippen LogP contribution in [0.2, 0.25) is 0 Å².